The van der Waals surface area contributed by atoms with Gasteiger partial charge in [-0.25, -0.2) is 4.79 Å². The molecule has 5 atom stereocenters. The third kappa shape index (κ3) is 7.14. The van der Waals surface area contributed by atoms with Gasteiger partial charge >= 0.3 is 5.97 Å². The van der Waals surface area contributed by atoms with Crippen molar-refractivity contribution in [3.8, 4) is 0 Å². The molecular weight excluding hydrogens is 366 g/mol. The maximum absolute atomic E-state index is 13.1. The van der Waals surface area contributed by atoms with Gasteiger partial charge in [-0.05, 0) is 30.2 Å². The Balaban J connectivity index is 2.30. The van der Waals surface area contributed by atoms with E-state index in [4.69, 9.17) is 4.74 Å². The average molecular weight is 404 g/mol. The van der Waals surface area contributed by atoms with E-state index in [-0.39, 0.29) is 30.5 Å². The van der Waals surface area contributed by atoms with E-state index in [2.05, 4.69) is 13.8 Å². The second kappa shape index (κ2) is 11.3. The first-order valence-corrected chi connectivity index (χ1v) is 10.9. The van der Waals surface area contributed by atoms with Gasteiger partial charge in [-0.2, -0.15) is 0 Å². The molecule has 1 fully saturated rings. The van der Waals surface area contributed by atoms with Crippen molar-refractivity contribution in [2.24, 2.45) is 17.8 Å². The normalized spacial score (nSPS) is 30.1. The standard InChI is InChI=1S/C24H37NO4/c1-17-10-11-18(2)15-21(12-13-26)29-24(28)22(16-20-8-6-5-7-9-20)25(4)23(27)19(3)14-17/h5-9,17-19,21-22,26H,10-16H2,1-4H3/t17-,18?,19-,21+,22+/m1/s1. The lowest BCUT2D eigenvalue weighted by molar-refractivity contribution is -0.161. The van der Waals surface area contributed by atoms with Crippen LogP contribution < -0.4 is 0 Å². The maximum Gasteiger partial charge on any atom is 0.329 e. The molecule has 162 valence electrons. The molecule has 0 radical (unpaired) electrons. The zero-order valence-electron chi connectivity index (χ0n) is 18.3. The minimum Gasteiger partial charge on any atom is -0.461 e. The van der Waals surface area contributed by atoms with Crippen LogP contribution in [-0.4, -0.2) is 47.7 Å². The number of aliphatic hydroxyl groups excluding tert-OH is 1. The van der Waals surface area contributed by atoms with Crippen molar-refractivity contribution in [3.05, 3.63) is 35.9 Å². The number of aliphatic hydroxyl groups is 1. The zero-order valence-corrected chi connectivity index (χ0v) is 18.3. The Kier molecular flexibility index (Phi) is 9.15. The summed E-state index contributed by atoms with van der Waals surface area (Å²) in [4.78, 5) is 27.8. The number of carbonyl (C=O) groups excluding carboxylic acids is 2. The Morgan fingerprint density at radius 1 is 1.03 bits per heavy atom. The van der Waals surface area contributed by atoms with Gasteiger partial charge < -0.3 is 14.7 Å². The molecule has 1 unspecified atom stereocenters. The van der Waals surface area contributed by atoms with E-state index < -0.39 is 6.04 Å². The van der Waals surface area contributed by atoms with Gasteiger partial charge in [-0.1, -0.05) is 63.9 Å². The first-order chi connectivity index (χ1) is 13.8. The number of esters is 1. The third-order valence-corrected chi connectivity index (χ3v) is 6.09. The van der Waals surface area contributed by atoms with Crippen LogP contribution in [0.3, 0.4) is 0 Å². The van der Waals surface area contributed by atoms with E-state index in [1.807, 2.05) is 37.3 Å². The largest absolute Gasteiger partial charge is 0.461 e. The van der Waals surface area contributed by atoms with Crippen molar-refractivity contribution in [1.29, 1.82) is 0 Å². The topological polar surface area (TPSA) is 66.8 Å². The van der Waals surface area contributed by atoms with Crippen LogP contribution in [0.4, 0.5) is 0 Å². The number of likely N-dealkylation sites (N-methyl/N-ethyl adjacent to an activating group) is 1. The minimum atomic E-state index is -0.667. The van der Waals surface area contributed by atoms with E-state index in [9.17, 15) is 14.7 Å². The summed E-state index contributed by atoms with van der Waals surface area (Å²) < 4.78 is 5.85. The number of rotatable bonds is 4. The van der Waals surface area contributed by atoms with Gasteiger partial charge in [0.1, 0.15) is 12.1 Å². The Morgan fingerprint density at radius 3 is 2.28 bits per heavy atom. The summed E-state index contributed by atoms with van der Waals surface area (Å²) in [6.45, 7) is 6.31. The lowest BCUT2D eigenvalue weighted by Crippen LogP contribution is -2.47. The number of ether oxygens (including phenoxy) is 1. The molecule has 1 aromatic rings. The fraction of sp³-hybridized carbons (Fsp3) is 0.667. The highest BCUT2D eigenvalue weighted by atomic mass is 16.5. The smallest absolute Gasteiger partial charge is 0.329 e. The summed E-state index contributed by atoms with van der Waals surface area (Å²) in [6, 6.07) is 9.06. The summed E-state index contributed by atoms with van der Waals surface area (Å²) in [6.07, 6.45) is 4.18. The molecule has 1 aliphatic heterocycles. The molecule has 1 amide bonds. The number of hydrogen-bond acceptors (Lipinski definition) is 4. The van der Waals surface area contributed by atoms with Crippen LogP contribution in [0.2, 0.25) is 0 Å². The van der Waals surface area contributed by atoms with Gasteiger partial charge in [-0.3, -0.25) is 4.79 Å². The molecular formula is C24H37NO4. The molecule has 0 saturated carbocycles. The Labute approximate surface area is 175 Å². The average Bonchev–Trinajstić information content (AvgIpc) is 2.69. The molecule has 1 saturated heterocycles. The fourth-order valence-electron chi connectivity index (χ4n) is 4.29. The first-order valence-electron chi connectivity index (χ1n) is 10.9. The van der Waals surface area contributed by atoms with E-state index in [0.717, 1.165) is 31.2 Å². The number of benzene rings is 1. The summed E-state index contributed by atoms with van der Waals surface area (Å²) in [5, 5.41) is 9.44. The number of cyclic esters (lactones) is 1. The van der Waals surface area contributed by atoms with Crippen molar-refractivity contribution in [2.45, 2.75) is 71.4 Å². The van der Waals surface area contributed by atoms with Crippen LogP contribution >= 0.6 is 0 Å². The Bertz CT molecular complexity index is 648. The monoisotopic (exact) mass is 403 g/mol. The van der Waals surface area contributed by atoms with Crippen LogP contribution in [0.1, 0.15) is 58.4 Å². The van der Waals surface area contributed by atoms with Gasteiger partial charge in [0.2, 0.25) is 5.91 Å². The van der Waals surface area contributed by atoms with Crippen LogP contribution in [0, 0.1) is 17.8 Å². The molecule has 0 spiro atoms. The second-order valence-electron chi connectivity index (χ2n) is 8.89. The second-order valence-corrected chi connectivity index (χ2v) is 8.89. The van der Waals surface area contributed by atoms with E-state index >= 15 is 0 Å². The summed E-state index contributed by atoms with van der Waals surface area (Å²) in [5.74, 6) is 0.325. The number of carbonyl (C=O) groups is 2. The predicted molar refractivity (Wildman–Crippen MR) is 114 cm³/mol. The molecule has 1 aliphatic rings. The molecule has 1 N–H and O–H groups in total. The van der Waals surface area contributed by atoms with Crippen LogP contribution in [0.5, 0.6) is 0 Å². The van der Waals surface area contributed by atoms with E-state index in [1.165, 1.54) is 0 Å². The first kappa shape index (κ1) is 23.4. The van der Waals surface area contributed by atoms with Gasteiger partial charge in [0.05, 0.1) is 0 Å². The van der Waals surface area contributed by atoms with Gasteiger partial charge in [-0.15, -0.1) is 0 Å². The predicted octanol–water partition coefficient (Wildman–Crippen LogP) is 3.83. The van der Waals surface area contributed by atoms with Gasteiger partial charge in [0.25, 0.3) is 0 Å². The highest BCUT2D eigenvalue weighted by Crippen LogP contribution is 2.26. The SMILES string of the molecule is CC1CC[C@@H](C)C[C@@H](C)C(=O)N(C)[C@@H](Cc2ccccc2)C(=O)O[C@@H](CCO)C1. The molecule has 0 aromatic heterocycles. The Morgan fingerprint density at radius 2 is 1.66 bits per heavy atom. The third-order valence-electron chi connectivity index (χ3n) is 6.09. The molecule has 2 rings (SSSR count). The van der Waals surface area contributed by atoms with Crippen molar-refractivity contribution in [1.82, 2.24) is 4.90 Å². The molecule has 0 bridgehead atoms. The van der Waals surface area contributed by atoms with Crippen LogP contribution in [-0.2, 0) is 20.7 Å². The van der Waals surface area contributed by atoms with Crippen molar-refractivity contribution >= 4 is 11.9 Å². The molecule has 0 aliphatic carbocycles. The Hall–Kier alpha value is -1.88. The van der Waals surface area contributed by atoms with Crippen molar-refractivity contribution in [2.75, 3.05) is 13.7 Å². The van der Waals surface area contributed by atoms with E-state index in [0.29, 0.717) is 24.7 Å². The highest BCUT2D eigenvalue weighted by Gasteiger charge is 2.33. The molecule has 5 nitrogen and oxygen atoms in total. The van der Waals surface area contributed by atoms with Gasteiger partial charge in [0.15, 0.2) is 0 Å². The van der Waals surface area contributed by atoms with Crippen molar-refractivity contribution < 1.29 is 19.4 Å². The lowest BCUT2D eigenvalue weighted by atomic mass is 9.88. The summed E-state index contributed by atoms with van der Waals surface area (Å²) in [7, 11) is 1.71. The maximum atomic E-state index is 13.1. The molecule has 1 aromatic carbocycles. The number of hydrogen-bond donors (Lipinski definition) is 1. The molecule has 29 heavy (non-hydrogen) atoms. The summed E-state index contributed by atoms with van der Waals surface area (Å²) >= 11 is 0. The van der Waals surface area contributed by atoms with Crippen molar-refractivity contribution in [3.63, 3.8) is 0 Å². The number of amides is 1. The minimum absolute atomic E-state index is 0.0132. The zero-order chi connectivity index (χ0) is 21.4. The van der Waals surface area contributed by atoms with Crippen LogP contribution in [0.15, 0.2) is 30.3 Å². The summed E-state index contributed by atoms with van der Waals surface area (Å²) in [5.41, 5.74) is 0.992. The fourth-order valence-corrected chi connectivity index (χ4v) is 4.29. The highest BCUT2D eigenvalue weighted by molar-refractivity contribution is 5.85. The molecule has 1 heterocycles. The quantitative estimate of drug-likeness (QED) is 0.776. The molecule has 5 heteroatoms. The van der Waals surface area contributed by atoms with Crippen LogP contribution in [0.25, 0.3) is 0 Å². The van der Waals surface area contributed by atoms with Gasteiger partial charge in [0, 0.05) is 32.4 Å². The van der Waals surface area contributed by atoms with E-state index in [1.54, 1.807) is 11.9 Å². The lowest BCUT2D eigenvalue weighted by Gasteiger charge is -2.31. The number of nitrogens with zero attached hydrogens (tertiary/aromatic N) is 1.